The summed E-state index contributed by atoms with van der Waals surface area (Å²) < 4.78 is 6.23. The van der Waals surface area contributed by atoms with Gasteiger partial charge in [-0.05, 0) is 58.8 Å². The minimum atomic E-state index is 0.316. The number of hydrogen-bond acceptors (Lipinski definition) is 2. The molecule has 96 valence electrons. The number of benzene rings is 1. The van der Waals surface area contributed by atoms with Crippen molar-refractivity contribution in [3.8, 4) is 5.75 Å². The SMILES string of the molecule is COc1ccc(CCCC(N)C(C)C)cc1Br. The maximum Gasteiger partial charge on any atom is 0.133 e. The van der Waals surface area contributed by atoms with Crippen molar-refractivity contribution >= 4 is 15.9 Å². The second-order valence-corrected chi connectivity index (χ2v) is 5.62. The van der Waals surface area contributed by atoms with Crippen LogP contribution in [0.25, 0.3) is 0 Å². The monoisotopic (exact) mass is 299 g/mol. The summed E-state index contributed by atoms with van der Waals surface area (Å²) >= 11 is 3.50. The van der Waals surface area contributed by atoms with Crippen molar-refractivity contribution in [1.29, 1.82) is 0 Å². The van der Waals surface area contributed by atoms with Crippen LogP contribution in [-0.4, -0.2) is 13.2 Å². The molecule has 1 aromatic rings. The largest absolute Gasteiger partial charge is 0.496 e. The molecule has 1 unspecified atom stereocenters. The van der Waals surface area contributed by atoms with Crippen LogP contribution in [0.5, 0.6) is 5.75 Å². The molecule has 1 atom stereocenters. The molecule has 3 heteroatoms. The Morgan fingerprint density at radius 3 is 2.59 bits per heavy atom. The van der Waals surface area contributed by atoms with Gasteiger partial charge < -0.3 is 10.5 Å². The Labute approximate surface area is 113 Å². The second-order valence-electron chi connectivity index (χ2n) is 4.77. The smallest absolute Gasteiger partial charge is 0.133 e. The van der Waals surface area contributed by atoms with E-state index in [0.717, 1.165) is 29.5 Å². The molecule has 1 rings (SSSR count). The van der Waals surface area contributed by atoms with Crippen LogP contribution >= 0.6 is 15.9 Å². The molecule has 1 aromatic carbocycles. The molecule has 0 bridgehead atoms. The second kappa shape index (κ2) is 7.02. The highest BCUT2D eigenvalue weighted by molar-refractivity contribution is 9.10. The van der Waals surface area contributed by atoms with E-state index >= 15 is 0 Å². The van der Waals surface area contributed by atoms with E-state index in [0.29, 0.717) is 12.0 Å². The minimum Gasteiger partial charge on any atom is -0.496 e. The normalized spacial score (nSPS) is 12.8. The molecule has 2 N–H and O–H groups in total. The Morgan fingerprint density at radius 1 is 1.35 bits per heavy atom. The van der Waals surface area contributed by atoms with Gasteiger partial charge in [-0.1, -0.05) is 19.9 Å². The molecule has 0 aromatic heterocycles. The molecule has 0 aliphatic carbocycles. The zero-order valence-corrected chi connectivity index (χ0v) is 12.5. The van der Waals surface area contributed by atoms with Gasteiger partial charge in [0.05, 0.1) is 11.6 Å². The number of rotatable bonds is 6. The third-order valence-electron chi connectivity index (χ3n) is 3.08. The van der Waals surface area contributed by atoms with Crippen LogP contribution in [-0.2, 0) is 6.42 Å². The quantitative estimate of drug-likeness (QED) is 0.868. The van der Waals surface area contributed by atoms with Gasteiger partial charge in [0.25, 0.3) is 0 Å². The Morgan fingerprint density at radius 2 is 2.06 bits per heavy atom. The van der Waals surface area contributed by atoms with Crippen LogP contribution in [0.2, 0.25) is 0 Å². The fourth-order valence-electron chi connectivity index (χ4n) is 1.74. The van der Waals surface area contributed by atoms with Gasteiger partial charge in [-0.15, -0.1) is 0 Å². The predicted molar refractivity (Wildman–Crippen MR) is 76.4 cm³/mol. The summed E-state index contributed by atoms with van der Waals surface area (Å²) in [5.41, 5.74) is 7.35. The molecule has 0 heterocycles. The van der Waals surface area contributed by atoms with Gasteiger partial charge in [0, 0.05) is 6.04 Å². The molecule has 0 radical (unpaired) electrons. The maximum atomic E-state index is 6.03. The van der Waals surface area contributed by atoms with Crippen LogP contribution in [0.3, 0.4) is 0 Å². The summed E-state index contributed by atoms with van der Waals surface area (Å²) in [6.45, 7) is 4.35. The van der Waals surface area contributed by atoms with Crippen molar-refractivity contribution in [3.63, 3.8) is 0 Å². The third kappa shape index (κ3) is 4.68. The van der Waals surface area contributed by atoms with Crippen LogP contribution < -0.4 is 10.5 Å². The van der Waals surface area contributed by atoms with E-state index in [-0.39, 0.29) is 0 Å². The van der Waals surface area contributed by atoms with E-state index in [9.17, 15) is 0 Å². The zero-order valence-electron chi connectivity index (χ0n) is 10.9. The fourth-order valence-corrected chi connectivity index (χ4v) is 2.33. The molecule has 17 heavy (non-hydrogen) atoms. The van der Waals surface area contributed by atoms with Crippen LogP contribution in [0.4, 0.5) is 0 Å². The first-order chi connectivity index (χ1) is 8.04. The first-order valence-electron chi connectivity index (χ1n) is 6.12. The van der Waals surface area contributed by atoms with E-state index in [1.54, 1.807) is 7.11 Å². The lowest BCUT2D eigenvalue weighted by molar-refractivity contribution is 0.412. The topological polar surface area (TPSA) is 35.2 Å². The molecule has 2 nitrogen and oxygen atoms in total. The summed E-state index contributed by atoms with van der Waals surface area (Å²) in [6.07, 6.45) is 3.29. The summed E-state index contributed by atoms with van der Waals surface area (Å²) in [7, 11) is 1.68. The molecule has 0 aliphatic heterocycles. The first-order valence-corrected chi connectivity index (χ1v) is 6.92. The Hall–Kier alpha value is -0.540. The Kier molecular flexibility index (Phi) is 6.00. The van der Waals surface area contributed by atoms with Crippen molar-refractivity contribution < 1.29 is 4.74 Å². The van der Waals surface area contributed by atoms with Gasteiger partial charge >= 0.3 is 0 Å². The molecule has 0 aliphatic rings. The molecule has 0 fully saturated rings. The number of nitrogens with two attached hydrogens (primary N) is 1. The lowest BCUT2D eigenvalue weighted by Gasteiger charge is -2.15. The van der Waals surface area contributed by atoms with Gasteiger partial charge in [-0.2, -0.15) is 0 Å². The lowest BCUT2D eigenvalue weighted by atomic mass is 9.98. The van der Waals surface area contributed by atoms with Gasteiger partial charge in [-0.3, -0.25) is 0 Å². The number of methoxy groups -OCH3 is 1. The first kappa shape index (κ1) is 14.5. The zero-order chi connectivity index (χ0) is 12.8. The number of aryl methyl sites for hydroxylation is 1. The van der Waals surface area contributed by atoms with Crippen LogP contribution in [0.15, 0.2) is 22.7 Å². The van der Waals surface area contributed by atoms with E-state index < -0.39 is 0 Å². The highest BCUT2D eigenvalue weighted by atomic mass is 79.9. The maximum absolute atomic E-state index is 6.03. The standard InChI is InChI=1S/C14H22BrNO/c1-10(2)13(16)6-4-5-11-7-8-14(17-3)12(15)9-11/h7-10,13H,4-6,16H2,1-3H3. The van der Waals surface area contributed by atoms with Crippen molar-refractivity contribution in [1.82, 2.24) is 0 Å². The molecule has 0 saturated heterocycles. The number of halogens is 1. The van der Waals surface area contributed by atoms with Crippen molar-refractivity contribution in [3.05, 3.63) is 28.2 Å². The molecular formula is C14H22BrNO. The molecule has 0 amide bonds. The van der Waals surface area contributed by atoms with Gasteiger partial charge in [0.1, 0.15) is 5.75 Å². The Bertz CT molecular complexity index is 352. The van der Waals surface area contributed by atoms with Crippen molar-refractivity contribution in [2.24, 2.45) is 11.7 Å². The fraction of sp³-hybridized carbons (Fsp3) is 0.571. The molecule has 0 spiro atoms. The van der Waals surface area contributed by atoms with Gasteiger partial charge in [0.15, 0.2) is 0 Å². The molecular weight excluding hydrogens is 278 g/mol. The lowest BCUT2D eigenvalue weighted by Crippen LogP contribution is -2.26. The van der Waals surface area contributed by atoms with Crippen molar-refractivity contribution in [2.75, 3.05) is 7.11 Å². The summed E-state index contributed by atoms with van der Waals surface area (Å²) in [4.78, 5) is 0. The average molecular weight is 300 g/mol. The third-order valence-corrected chi connectivity index (χ3v) is 3.70. The minimum absolute atomic E-state index is 0.316. The number of hydrogen-bond donors (Lipinski definition) is 1. The van der Waals surface area contributed by atoms with Gasteiger partial charge in [-0.25, -0.2) is 0 Å². The Balaban J connectivity index is 2.45. The number of ether oxygens (including phenoxy) is 1. The summed E-state index contributed by atoms with van der Waals surface area (Å²) in [5, 5.41) is 0. The molecule has 0 saturated carbocycles. The van der Waals surface area contributed by atoms with E-state index in [2.05, 4.69) is 41.9 Å². The van der Waals surface area contributed by atoms with E-state index in [1.165, 1.54) is 5.56 Å². The highest BCUT2D eigenvalue weighted by Gasteiger charge is 2.07. The van der Waals surface area contributed by atoms with Crippen LogP contribution in [0.1, 0.15) is 32.3 Å². The summed E-state index contributed by atoms with van der Waals surface area (Å²) in [6, 6.07) is 6.56. The average Bonchev–Trinajstić information content (AvgIpc) is 2.29. The highest BCUT2D eigenvalue weighted by Crippen LogP contribution is 2.26. The van der Waals surface area contributed by atoms with E-state index in [1.807, 2.05) is 6.07 Å². The van der Waals surface area contributed by atoms with Gasteiger partial charge in [0.2, 0.25) is 0 Å². The van der Waals surface area contributed by atoms with Crippen LogP contribution in [0, 0.1) is 5.92 Å². The summed E-state index contributed by atoms with van der Waals surface area (Å²) in [5.74, 6) is 1.45. The van der Waals surface area contributed by atoms with E-state index in [4.69, 9.17) is 10.5 Å². The predicted octanol–water partition coefficient (Wildman–Crippen LogP) is 3.76. The van der Waals surface area contributed by atoms with Crippen molar-refractivity contribution in [2.45, 2.75) is 39.2 Å².